The Morgan fingerprint density at radius 3 is 2.16 bits per heavy atom. The van der Waals surface area contributed by atoms with Crippen LogP contribution in [0.25, 0.3) is 16.7 Å². The summed E-state index contributed by atoms with van der Waals surface area (Å²) in [5.41, 5.74) is 2.15. The predicted octanol–water partition coefficient (Wildman–Crippen LogP) is 10.0. The highest BCUT2D eigenvalue weighted by atomic mass is 19.4. The van der Waals surface area contributed by atoms with Gasteiger partial charge in [-0.1, -0.05) is 26.0 Å². The average Bonchev–Trinajstić information content (AvgIpc) is 3.31. The number of benzene rings is 3. The first-order valence-corrected chi connectivity index (χ1v) is 15.7. The molecule has 0 saturated carbocycles. The fourth-order valence-electron chi connectivity index (χ4n) is 6.74. The summed E-state index contributed by atoms with van der Waals surface area (Å²) in [4.78, 5) is 26.7. The Hall–Kier alpha value is -4.48. The SMILES string of the molecule is COC(=O)c1ccc(-c2ccc(OC)c(C3=C(CN4C(=O)O[C@@H](c5cc(C(F)(F)F)cc(C(F)(F)F)c5)[C@H]4C)CC(C)(C)CC3)c2)c(C)c1. The Kier molecular flexibility index (Phi) is 9.57. The van der Waals surface area contributed by atoms with Crippen LogP contribution in [-0.4, -0.2) is 43.8 Å². The van der Waals surface area contributed by atoms with Gasteiger partial charge in [-0.25, -0.2) is 9.59 Å². The van der Waals surface area contributed by atoms with Crippen molar-refractivity contribution in [2.24, 2.45) is 5.41 Å². The largest absolute Gasteiger partial charge is 0.496 e. The maximum absolute atomic E-state index is 13.6. The zero-order valence-corrected chi connectivity index (χ0v) is 27.9. The second kappa shape index (κ2) is 13.1. The molecule has 3 aromatic carbocycles. The number of carbonyl (C=O) groups is 2. The van der Waals surface area contributed by atoms with Crippen molar-refractivity contribution in [2.75, 3.05) is 20.8 Å². The first-order chi connectivity index (χ1) is 22.8. The maximum atomic E-state index is 13.6. The molecule has 262 valence electrons. The van der Waals surface area contributed by atoms with Crippen molar-refractivity contribution in [3.05, 3.63) is 93.6 Å². The zero-order chi connectivity index (χ0) is 36.1. The summed E-state index contributed by atoms with van der Waals surface area (Å²) in [5.74, 6) is 0.147. The standard InChI is InChI=1S/C37H37F6NO5/c1-20-13-23(33(45)48-6)7-9-28(20)22-8-10-31(47-5)30(16-22)29-11-12-35(3,4)18-25(29)19-44-21(2)32(49-34(44)46)24-14-26(36(38,39)40)17-27(15-24)37(41,42)43/h7-10,13-17,21,32H,11-12,18-19H2,1-6H3/t21-,32-/m1/s1. The van der Waals surface area contributed by atoms with Crippen LogP contribution < -0.4 is 4.74 Å². The van der Waals surface area contributed by atoms with E-state index in [9.17, 15) is 35.9 Å². The van der Waals surface area contributed by atoms with Gasteiger partial charge < -0.3 is 14.2 Å². The summed E-state index contributed by atoms with van der Waals surface area (Å²) in [6, 6.07) is 11.4. The van der Waals surface area contributed by atoms with Gasteiger partial charge in [-0.3, -0.25) is 4.90 Å². The highest BCUT2D eigenvalue weighted by Crippen LogP contribution is 2.47. The Balaban J connectivity index is 1.54. The molecule has 0 bridgehead atoms. The number of esters is 1. The molecule has 1 saturated heterocycles. The number of halogens is 6. The number of cyclic esters (lactones) is 1. The fraction of sp³-hybridized carbons (Fsp3) is 0.405. The normalized spacial score (nSPS) is 19.6. The van der Waals surface area contributed by atoms with Gasteiger partial charge >= 0.3 is 24.4 Å². The highest BCUT2D eigenvalue weighted by molar-refractivity contribution is 5.91. The molecule has 1 heterocycles. The molecule has 1 aliphatic carbocycles. The number of allylic oxidation sites excluding steroid dienone is 1. The third-order valence-electron chi connectivity index (χ3n) is 9.35. The molecule has 6 nitrogen and oxygen atoms in total. The van der Waals surface area contributed by atoms with Gasteiger partial charge in [0, 0.05) is 12.1 Å². The molecule has 5 rings (SSSR count). The lowest BCUT2D eigenvalue weighted by Crippen LogP contribution is -2.35. The molecular weight excluding hydrogens is 652 g/mol. The quantitative estimate of drug-likeness (QED) is 0.183. The molecule has 2 atom stereocenters. The Morgan fingerprint density at radius 2 is 1.59 bits per heavy atom. The summed E-state index contributed by atoms with van der Waals surface area (Å²) in [5, 5.41) is 0. The van der Waals surface area contributed by atoms with Gasteiger partial charge in [0.25, 0.3) is 0 Å². The highest BCUT2D eigenvalue weighted by Gasteiger charge is 2.44. The predicted molar refractivity (Wildman–Crippen MR) is 171 cm³/mol. The molecule has 0 spiro atoms. The van der Waals surface area contributed by atoms with Crippen molar-refractivity contribution in [1.29, 1.82) is 0 Å². The number of hydrogen-bond donors (Lipinski definition) is 0. The van der Waals surface area contributed by atoms with E-state index in [0.717, 1.165) is 39.8 Å². The van der Waals surface area contributed by atoms with E-state index in [1.165, 1.54) is 12.0 Å². The van der Waals surface area contributed by atoms with Gasteiger partial charge in [0.15, 0.2) is 0 Å². The second-order valence-electron chi connectivity index (χ2n) is 13.4. The number of nitrogens with zero attached hydrogens (tertiary/aromatic N) is 1. The first-order valence-electron chi connectivity index (χ1n) is 15.7. The monoisotopic (exact) mass is 689 g/mol. The Labute approximate surface area is 280 Å². The van der Waals surface area contributed by atoms with Crippen molar-refractivity contribution >= 4 is 17.6 Å². The number of methoxy groups -OCH3 is 2. The topological polar surface area (TPSA) is 65.1 Å². The number of amides is 1. The van der Waals surface area contributed by atoms with Crippen LogP contribution in [0.1, 0.15) is 84.3 Å². The Morgan fingerprint density at radius 1 is 0.939 bits per heavy atom. The molecular formula is C37H37F6NO5. The lowest BCUT2D eigenvalue weighted by atomic mass is 9.72. The van der Waals surface area contributed by atoms with Crippen LogP contribution in [0.5, 0.6) is 5.75 Å². The van der Waals surface area contributed by atoms with E-state index in [-0.39, 0.29) is 23.6 Å². The molecule has 1 amide bonds. The molecule has 0 radical (unpaired) electrons. The summed E-state index contributed by atoms with van der Waals surface area (Å²) >= 11 is 0. The van der Waals surface area contributed by atoms with Crippen molar-refractivity contribution in [3.63, 3.8) is 0 Å². The van der Waals surface area contributed by atoms with Crippen LogP contribution in [-0.2, 0) is 21.8 Å². The summed E-state index contributed by atoms with van der Waals surface area (Å²) in [6.45, 7) is 7.69. The molecule has 1 aliphatic heterocycles. The third kappa shape index (κ3) is 7.43. The number of aryl methyl sites for hydroxylation is 1. The summed E-state index contributed by atoms with van der Waals surface area (Å²) < 4.78 is 97.8. The van der Waals surface area contributed by atoms with Crippen LogP contribution in [0.3, 0.4) is 0 Å². The first kappa shape index (κ1) is 35.8. The Bertz CT molecular complexity index is 1780. The van der Waals surface area contributed by atoms with E-state index in [1.54, 1.807) is 26.2 Å². The molecule has 49 heavy (non-hydrogen) atoms. The van der Waals surface area contributed by atoms with Gasteiger partial charge in [-0.15, -0.1) is 0 Å². The summed E-state index contributed by atoms with van der Waals surface area (Å²) in [6.07, 6.45) is -10.2. The van der Waals surface area contributed by atoms with Gasteiger partial charge in [-0.05, 0) is 114 Å². The molecule has 0 aromatic heterocycles. The van der Waals surface area contributed by atoms with Crippen LogP contribution in [0.2, 0.25) is 0 Å². The molecule has 12 heteroatoms. The number of alkyl halides is 6. The third-order valence-corrected chi connectivity index (χ3v) is 9.35. The fourth-order valence-corrected chi connectivity index (χ4v) is 6.74. The van der Waals surface area contributed by atoms with Crippen molar-refractivity contribution in [1.82, 2.24) is 4.90 Å². The van der Waals surface area contributed by atoms with E-state index in [2.05, 4.69) is 13.8 Å². The van der Waals surface area contributed by atoms with E-state index in [4.69, 9.17) is 14.2 Å². The summed E-state index contributed by atoms with van der Waals surface area (Å²) in [7, 11) is 2.87. The number of rotatable bonds is 7. The van der Waals surface area contributed by atoms with Gasteiger partial charge in [-0.2, -0.15) is 26.3 Å². The van der Waals surface area contributed by atoms with Crippen molar-refractivity contribution in [2.45, 2.75) is 71.5 Å². The minimum atomic E-state index is -5.04. The van der Waals surface area contributed by atoms with Crippen molar-refractivity contribution < 1.29 is 50.1 Å². The van der Waals surface area contributed by atoms with E-state index < -0.39 is 47.7 Å². The van der Waals surface area contributed by atoms with Crippen molar-refractivity contribution in [3.8, 4) is 16.9 Å². The smallest absolute Gasteiger partial charge is 0.416 e. The zero-order valence-electron chi connectivity index (χ0n) is 27.9. The number of carbonyl (C=O) groups excluding carboxylic acids is 2. The lowest BCUT2D eigenvalue weighted by Gasteiger charge is -2.36. The molecule has 2 aliphatic rings. The maximum Gasteiger partial charge on any atom is 0.416 e. The molecule has 0 unspecified atom stereocenters. The number of ether oxygens (including phenoxy) is 3. The molecule has 0 N–H and O–H groups in total. The van der Waals surface area contributed by atoms with Gasteiger partial charge in [0.2, 0.25) is 0 Å². The van der Waals surface area contributed by atoms with Crippen LogP contribution >= 0.6 is 0 Å². The molecule has 1 fully saturated rings. The molecule has 3 aromatic rings. The van der Waals surface area contributed by atoms with Crippen LogP contribution in [0, 0.1) is 12.3 Å². The number of hydrogen-bond acceptors (Lipinski definition) is 5. The van der Waals surface area contributed by atoms with E-state index >= 15 is 0 Å². The van der Waals surface area contributed by atoms with Gasteiger partial charge in [0.05, 0.1) is 37.0 Å². The minimum absolute atomic E-state index is 0.0560. The van der Waals surface area contributed by atoms with Gasteiger partial charge in [0.1, 0.15) is 11.9 Å². The van der Waals surface area contributed by atoms with Crippen LogP contribution in [0.15, 0.2) is 60.2 Å². The van der Waals surface area contributed by atoms with E-state index in [0.29, 0.717) is 36.3 Å². The average molecular weight is 690 g/mol. The second-order valence-corrected chi connectivity index (χ2v) is 13.4. The lowest BCUT2D eigenvalue weighted by molar-refractivity contribution is -0.143. The minimum Gasteiger partial charge on any atom is -0.496 e. The van der Waals surface area contributed by atoms with Crippen LogP contribution in [0.4, 0.5) is 31.1 Å². The van der Waals surface area contributed by atoms with E-state index in [1.807, 2.05) is 31.2 Å².